The van der Waals surface area contributed by atoms with E-state index in [1.807, 2.05) is 0 Å². The lowest BCUT2D eigenvalue weighted by Gasteiger charge is -2.23. The highest BCUT2D eigenvalue weighted by molar-refractivity contribution is 5.22. The van der Waals surface area contributed by atoms with E-state index in [-0.39, 0.29) is 12.8 Å². The maximum absolute atomic E-state index is 13.3. The normalized spacial score (nSPS) is 19.3. The van der Waals surface area contributed by atoms with Gasteiger partial charge in [0.2, 0.25) is 0 Å². The number of halogens is 5. The standard InChI is InChI=1S/C12H12F5NO/c13-7-2-1-3-8(14)10(7)9(19)6-18-11(4-5-11)12(15,16)17/h1-3,9,18-19H,4-6H2. The largest absolute Gasteiger partial charge is 0.406 e. The summed E-state index contributed by atoms with van der Waals surface area (Å²) in [6, 6.07) is 3.00. The molecule has 1 saturated carbocycles. The van der Waals surface area contributed by atoms with Gasteiger partial charge in [0.25, 0.3) is 0 Å². The molecule has 2 nitrogen and oxygen atoms in total. The Bertz CT molecular complexity index is 449. The molecule has 1 fully saturated rings. The maximum Gasteiger partial charge on any atom is 0.406 e. The fourth-order valence-corrected chi connectivity index (χ4v) is 1.91. The molecule has 0 aliphatic heterocycles. The van der Waals surface area contributed by atoms with Crippen molar-refractivity contribution in [3.05, 3.63) is 35.4 Å². The van der Waals surface area contributed by atoms with Crippen LogP contribution in [0.2, 0.25) is 0 Å². The van der Waals surface area contributed by atoms with E-state index in [0.717, 1.165) is 18.2 Å². The Morgan fingerprint density at radius 2 is 1.74 bits per heavy atom. The lowest BCUT2D eigenvalue weighted by molar-refractivity contribution is -0.166. The van der Waals surface area contributed by atoms with Crippen LogP contribution < -0.4 is 5.32 Å². The van der Waals surface area contributed by atoms with Crippen LogP contribution in [0.5, 0.6) is 0 Å². The summed E-state index contributed by atoms with van der Waals surface area (Å²) in [5.74, 6) is -1.96. The third kappa shape index (κ3) is 2.71. The van der Waals surface area contributed by atoms with Gasteiger partial charge in [-0.15, -0.1) is 0 Å². The molecule has 19 heavy (non-hydrogen) atoms. The molecule has 1 aromatic rings. The SMILES string of the molecule is OC(CNC1(C(F)(F)F)CC1)c1c(F)cccc1F. The zero-order valence-corrected chi connectivity index (χ0v) is 9.77. The van der Waals surface area contributed by atoms with Crippen LogP contribution in [0.1, 0.15) is 24.5 Å². The molecule has 1 aromatic carbocycles. The van der Waals surface area contributed by atoms with E-state index in [9.17, 15) is 27.1 Å². The van der Waals surface area contributed by atoms with Gasteiger partial charge in [-0.3, -0.25) is 0 Å². The highest BCUT2D eigenvalue weighted by atomic mass is 19.4. The van der Waals surface area contributed by atoms with Crippen LogP contribution in [-0.4, -0.2) is 23.4 Å². The maximum atomic E-state index is 13.3. The molecule has 0 amide bonds. The van der Waals surface area contributed by atoms with E-state index < -0.39 is 41.6 Å². The van der Waals surface area contributed by atoms with Crippen molar-refractivity contribution in [2.45, 2.75) is 30.7 Å². The summed E-state index contributed by atoms with van der Waals surface area (Å²) >= 11 is 0. The fraction of sp³-hybridized carbons (Fsp3) is 0.500. The van der Waals surface area contributed by atoms with Crippen LogP contribution in [-0.2, 0) is 0 Å². The highest BCUT2D eigenvalue weighted by Gasteiger charge is 2.63. The number of rotatable bonds is 4. The van der Waals surface area contributed by atoms with Crippen molar-refractivity contribution in [3.63, 3.8) is 0 Å². The van der Waals surface area contributed by atoms with Gasteiger partial charge in [0, 0.05) is 6.54 Å². The number of alkyl halides is 3. The number of aliphatic hydroxyl groups excluding tert-OH is 1. The van der Waals surface area contributed by atoms with Crippen molar-refractivity contribution in [1.82, 2.24) is 5.32 Å². The van der Waals surface area contributed by atoms with Crippen LogP contribution in [0.15, 0.2) is 18.2 Å². The van der Waals surface area contributed by atoms with Crippen molar-refractivity contribution < 1.29 is 27.1 Å². The van der Waals surface area contributed by atoms with Crippen molar-refractivity contribution in [3.8, 4) is 0 Å². The van der Waals surface area contributed by atoms with Gasteiger partial charge in [0.1, 0.15) is 17.2 Å². The molecule has 0 saturated heterocycles. The topological polar surface area (TPSA) is 32.3 Å². The summed E-state index contributed by atoms with van der Waals surface area (Å²) in [4.78, 5) is 0. The molecule has 1 aliphatic rings. The third-order valence-electron chi connectivity index (χ3n) is 3.26. The molecule has 106 valence electrons. The van der Waals surface area contributed by atoms with Gasteiger partial charge < -0.3 is 10.4 Å². The lowest BCUT2D eigenvalue weighted by atomic mass is 10.1. The molecule has 0 radical (unpaired) electrons. The second-order valence-corrected chi connectivity index (χ2v) is 4.61. The van der Waals surface area contributed by atoms with Gasteiger partial charge in [-0.1, -0.05) is 6.07 Å². The van der Waals surface area contributed by atoms with Crippen molar-refractivity contribution in [2.75, 3.05) is 6.54 Å². The van der Waals surface area contributed by atoms with Crippen LogP contribution in [0.3, 0.4) is 0 Å². The minimum Gasteiger partial charge on any atom is -0.387 e. The van der Waals surface area contributed by atoms with E-state index >= 15 is 0 Å². The van der Waals surface area contributed by atoms with Crippen LogP contribution >= 0.6 is 0 Å². The Labute approximate surface area is 106 Å². The molecule has 1 atom stereocenters. The Balaban J connectivity index is 2.05. The first-order valence-corrected chi connectivity index (χ1v) is 5.70. The molecule has 0 bridgehead atoms. The van der Waals surface area contributed by atoms with Gasteiger partial charge in [0.15, 0.2) is 0 Å². The molecule has 0 spiro atoms. The smallest absolute Gasteiger partial charge is 0.387 e. The molecular weight excluding hydrogens is 269 g/mol. The van der Waals surface area contributed by atoms with Crippen LogP contribution in [0.25, 0.3) is 0 Å². The quantitative estimate of drug-likeness (QED) is 0.832. The van der Waals surface area contributed by atoms with Gasteiger partial charge in [-0.05, 0) is 25.0 Å². The Morgan fingerprint density at radius 1 is 1.21 bits per heavy atom. The van der Waals surface area contributed by atoms with E-state index in [2.05, 4.69) is 5.32 Å². The summed E-state index contributed by atoms with van der Waals surface area (Å²) in [5.41, 5.74) is -2.64. The predicted molar refractivity (Wildman–Crippen MR) is 57.3 cm³/mol. The minimum absolute atomic E-state index is 0.0943. The molecule has 2 rings (SSSR count). The number of benzene rings is 1. The average Bonchev–Trinajstić information content (AvgIpc) is 3.06. The van der Waals surface area contributed by atoms with Gasteiger partial charge in [-0.2, -0.15) is 13.2 Å². The van der Waals surface area contributed by atoms with Gasteiger partial charge in [0.05, 0.1) is 11.7 Å². The monoisotopic (exact) mass is 281 g/mol. The summed E-state index contributed by atoms with van der Waals surface area (Å²) in [6.07, 6.45) is -6.28. The van der Waals surface area contributed by atoms with Crippen molar-refractivity contribution in [1.29, 1.82) is 0 Å². The Kier molecular flexibility index (Phi) is 3.53. The number of hydrogen-bond donors (Lipinski definition) is 2. The summed E-state index contributed by atoms with van der Waals surface area (Å²) in [6.45, 7) is -0.558. The van der Waals surface area contributed by atoms with Crippen molar-refractivity contribution >= 4 is 0 Å². The molecule has 1 aliphatic carbocycles. The lowest BCUT2D eigenvalue weighted by Crippen LogP contribution is -2.46. The van der Waals surface area contributed by atoms with E-state index in [1.54, 1.807) is 0 Å². The molecule has 2 N–H and O–H groups in total. The van der Waals surface area contributed by atoms with Crippen LogP contribution in [0, 0.1) is 11.6 Å². The van der Waals surface area contributed by atoms with Gasteiger partial charge in [-0.25, -0.2) is 8.78 Å². The molecular formula is C12H12F5NO. The first kappa shape index (κ1) is 14.2. The Hall–Kier alpha value is -1.21. The highest BCUT2D eigenvalue weighted by Crippen LogP contribution is 2.49. The minimum atomic E-state index is -4.43. The number of hydrogen-bond acceptors (Lipinski definition) is 2. The van der Waals surface area contributed by atoms with Crippen LogP contribution in [0.4, 0.5) is 22.0 Å². The first-order chi connectivity index (χ1) is 8.77. The van der Waals surface area contributed by atoms with Crippen molar-refractivity contribution in [2.24, 2.45) is 0 Å². The molecule has 0 heterocycles. The number of β-amino-alcohol motifs (C(OH)–C–C–N with tert-alkyl or cyclic N) is 1. The molecule has 0 aromatic heterocycles. The van der Waals surface area contributed by atoms with E-state index in [4.69, 9.17) is 0 Å². The van der Waals surface area contributed by atoms with E-state index in [1.165, 1.54) is 0 Å². The third-order valence-corrected chi connectivity index (χ3v) is 3.26. The second-order valence-electron chi connectivity index (χ2n) is 4.61. The molecule has 7 heteroatoms. The number of nitrogens with one attached hydrogen (secondary N) is 1. The summed E-state index contributed by atoms with van der Waals surface area (Å²) < 4.78 is 64.5. The second kappa shape index (κ2) is 4.72. The first-order valence-electron chi connectivity index (χ1n) is 5.70. The average molecular weight is 281 g/mol. The summed E-state index contributed by atoms with van der Waals surface area (Å²) in [7, 11) is 0. The van der Waals surface area contributed by atoms with Gasteiger partial charge >= 0.3 is 6.18 Å². The van der Waals surface area contributed by atoms with E-state index in [0.29, 0.717) is 0 Å². The molecule has 1 unspecified atom stereocenters. The zero-order valence-electron chi connectivity index (χ0n) is 9.77. The predicted octanol–water partition coefficient (Wildman–Crippen LogP) is 2.68. The summed E-state index contributed by atoms with van der Waals surface area (Å²) in [5, 5.41) is 11.8. The fourth-order valence-electron chi connectivity index (χ4n) is 1.91. The Morgan fingerprint density at radius 3 is 2.16 bits per heavy atom. The number of aliphatic hydroxyl groups is 1. The zero-order chi connectivity index (χ0) is 14.3.